The van der Waals surface area contributed by atoms with Crippen LogP contribution in [0.3, 0.4) is 0 Å². The van der Waals surface area contributed by atoms with Crippen LogP contribution in [0, 0.1) is 30.2 Å². The Morgan fingerprint density at radius 3 is 1.93 bits per heavy atom. The van der Waals surface area contributed by atoms with E-state index in [1.807, 2.05) is 82.3 Å². The summed E-state index contributed by atoms with van der Waals surface area (Å²) in [5.74, 6) is 0.547. The topological polar surface area (TPSA) is 50.2 Å². The summed E-state index contributed by atoms with van der Waals surface area (Å²) in [5.41, 5.74) is 4.16. The molecule has 8 heteroatoms. The predicted octanol–water partition coefficient (Wildman–Crippen LogP) is 15.9. The van der Waals surface area contributed by atoms with Crippen LogP contribution < -0.4 is 0 Å². The van der Waals surface area contributed by atoms with Crippen molar-refractivity contribution in [2.45, 2.75) is 113 Å². The molecule has 321 valence electrons. The Labute approximate surface area is 377 Å². The SMILES string of the molecule is CCC(CC)C(=O)/C=C(\O)C(CC)CC.[2H]C([2H])([2H])c1c(-c2ccc(-c3ccc(CC(C)(C)C(F)(F)F)cc3)cc2)sc2c(-c3[c-]c4ccccc4c(C(C)(C)C)c3)nccc12.[Ir]. The maximum absolute atomic E-state index is 13.4. The monoisotopic (exact) mass is 1010 g/mol. The number of hydrogen-bond donors (Lipinski definition) is 1. The molecule has 6 aromatic rings. The Kier molecular flexibility index (Phi) is 14.8. The number of rotatable bonds is 12. The van der Waals surface area contributed by atoms with Crippen molar-refractivity contribution < 1.29 is 47.3 Å². The Morgan fingerprint density at radius 2 is 1.38 bits per heavy atom. The quantitative estimate of drug-likeness (QED) is 0.0755. The zero-order valence-electron chi connectivity index (χ0n) is 39.1. The molecule has 0 atom stereocenters. The normalized spacial score (nSPS) is 13.4. The Morgan fingerprint density at radius 1 is 0.817 bits per heavy atom. The van der Waals surface area contributed by atoms with Crippen LogP contribution in [0.25, 0.3) is 53.7 Å². The average molecular weight is 1010 g/mol. The third-order valence-corrected chi connectivity index (χ3v) is 12.6. The van der Waals surface area contributed by atoms with Crippen LogP contribution in [0.15, 0.2) is 103 Å². The predicted molar refractivity (Wildman–Crippen MR) is 243 cm³/mol. The third kappa shape index (κ3) is 11.0. The molecule has 0 bridgehead atoms. The summed E-state index contributed by atoms with van der Waals surface area (Å²) in [6.45, 7) is 14.7. The summed E-state index contributed by atoms with van der Waals surface area (Å²) in [6.07, 6.45) is 2.18. The summed E-state index contributed by atoms with van der Waals surface area (Å²) in [5, 5.41) is 12.5. The van der Waals surface area contributed by atoms with E-state index in [0.717, 1.165) is 63.4 Å². The van der Waals surface area contributed by atoms with E-state index < -0.39 is 18.4 Å². The number of aliphatic hydroxyl groups excluding tert-OH is 1. The van der Waals surface area contributed by atoms with Gasteiger partial charge in [-0.1, -0.05) is 140 Å². The maximum Gasteiger partial charge on any atom is 0.394 e. The summed E-state index contributed by atoms with van der Waals surface area (Å²) < 4.78 is 66.5. The number of aromatic nitrogens is 1. The van der Waals surface area contributed by atoms with E-state index in [9.17, 15) is 23.1 Å². The first kappa shape index (κ1) is 44.0. The molecule has 0 aliphatic rings. The number of allylic oxidation sites excluding steroid dienone is 2. The van der Waals surface area contributed by atoms with Gasteiger partial charge in [0.25, 0.3) is 0 Å². The maximum atomic E-state index is 13.4. The molecule has 6 rings (SSSR count). The average Bonchev–Trinajstić information content (AvgIpc) is 3.62. The van der Waals surface area contributed by atoms with Crippen molar-refractivity contribution in [3.05, 3.63) is 126 Å². The Balaban J connectivity index is 0.000000467. The van der Waals surface area contributed by atoms with Crippen molar-refractivity contribution in [1.82, 2.24) is 4.98 Å². The molecule has 4 aromatic carbocycles. The summed E-state index contributed by atoms with van der Waals surface area (Å²) >= 11 is 1.42. The summed E-state index contributed by atoms with van der Waals surface area (Å²) in [4.78, 5) is 17.1. The van der Waals surface area contributed by atoms with E-state index in [1.165, 1.54) is 36.8 Å². The van der Waals surface area contributed by atoms with E-state index >= 15 is 0 Å². The molecule has 0 fully saturated rings. The molecule has 1 radical (unpaired) electrons. The molecule has 0 amide bonds. The number of aryl methyl sites for hydroxylation is 1. The van der Waals surface area contributed by atoms with Gasteiger partial charge in [-0.2, -0.15) is 13.2 Å². The number of halogens is 3. The Bertz CT molecular complexity index is 2510. The number of alkyl halides is 3. The first-order chi connectivity index (χ1) is 29.0. The number of thiophene rings is 1. The van der Waals surface area contributed by atoms with E-state index in [1.54, 1.807) is 24.4 Å². The molecule has 0 aliphatic carbocycles. The minimum Gasteiger partial charge on any atom is -0.512 e. The van der Waals surface area contributed by atoms with Gasteiger partial charge in [0, 0.05) is 63.6 Å². The number of ketones is 1. The number of hydrogen-bond acceptors (Lipinski definition) is 4. The number of carbonyl (C=O) groups is 1. The molecule has 3 nitrogen and oxygen atoms in total. The Hall–Kier alpha value is -4.10. The van der Waals surface area contributed by atoms with Crippen LogP contribution in [0.2, 0.25) is 0 Å². The van der Waals surface area contributed by atoms with E-state index in [-0.39, 0.29) is 55.3 Å². The molecular weight excluding hydrogens is 952 g/mol. The van der Waals surface area contributed by atoms with Gasteiger partial charge in [0.1, 0.15) is 0 Å². The van der Waals surface area contributed by atoms with E-state index in [4.69, 9.17) is 9.10 Å². The van der Waals surface area contributed by atoms with Gasteiger partial charge in [0.05, 0.1) is 11.2 Å². The van der Waals surface area contributed by atoms with Gasteiger partial charge < -0.3 is 5.11 Å². The molecule has 60 heavy (non-hydrogen) atoms. The van der Waals surface area contributed by atoms with Crippen LogP contribution in [0.4, 0.5) is 13.2 Å². The number of nitrogens with zero attached hydrogens (tertiary/aromatic N) is 1. The fraction of sp³-hybridized carbons (Fsp3) is 0.385. The summed E-state index contributed by atoms with van der Waals surface area (Å²) in [6, 6.07) is 30.4. The molecule has 0 aliphatic heterocycles. The van der Waals surface area contributed by atoms with Crippen LogP contribution in [0.1, 0.15) is 109 Å². The molecular formula is C52H59F3IrNO2S-. The van der Waals surface area contributed by atoms with Gasteiger partial charge in [-0.25, -0.2) is 0 Å². The zero-order valence-corrected chi connectivity index (χ0v) is 39.3. The molecule has 2 aromatic heterocycles. The van der Waals surface area contributed by atoms with Gasteiger partial charge in [-0.15, -0.1) is 40.5 Å². The van der Waals surface area contributed by atoms with Crippen molar-refractivity contribution >= 4 is 38.0 Å². The standard InChI is InChI=1S/C39H35F3NS.C13H24O2.Ir/c1-24-31-19-20-43-34(30-21-29-9-7-8-10-32(29)33(22-30)37(2,3)4)36(31)44-35(24)28-17-15-27(16-18-28)26-13-11-25(12-14-26)23-38(5,6)39(40,41)42;1-5-10(6-2)12(14)9-13(15)11(7-3)8-4;/h7-20,22H,23H2,1-6H3;9-11,14H,5-8H2,1-4H3;/q-1;;/b;12-9-;/i1D3;;. The molecule has 0 saturated carbocycles. The van der Waals surface area contributed by atoms with Crippen LogP contribution in [-0.4, -0.2) is 22.1 Å². The van der Waals surface area contributed by atoms with Crippen molar-refractivity contribution in [2.75, 3.05) is 0 Å². The minimum absolute atomic E-state index is 0. The second kappa shape index (κ2) is 20.2. The smallest absolute Gasteiger partial charge is 0.394 e. The molecule has 0 unspecified atom stereocenters. The number of carbonyl (C=O) groups excluding carboxylic acids is 1. The number of pyridine rings is 1. The van der Waals surface area contributed by atoms with Gasteiger partial charge in [0.15, 0.2) is 5.78 Å². The molecule has 0 spiro atoms. The fourth-order valence-corrected chi connectivity index (χ4v) is 8.63. The largest absolute Gasteiger partial charge is 0.512 e. The van der Waals surface area contributed by atoms with Crippen LogP contribution in [0.5, 0.6) is 0 Å². The molecule has 1 N–H and O–H groups in total. The first-order valence-corrected chi connectivity index (χ1v) is 21.4. The van der Waals surface area contributed by atoms with Crippen LogP contribution in [-0.2, 0) is 36.7 Å². The van der Waals surface area contributed by atoms with E-state index in [0.29, 0.717) is 27.1 Å². The van der Waals surface area contributed by atoms with Crippen molar-refractivity contribution in [3.8, 4) is 32.8 Å². The van der Waals surface area contributed by atoms with Gasteiger partial charge >= 0.3 is 6.18 Å². The number of benzene rings is 4. The fourth-order valence-electron chi connectivity index (χ4n) is 7.42. The van der Waals surface area contributed by atoms with Crippen molar-refractivity contribution in [3.63, 3.8) is 0 Å². The third-order valence-electron chi connectivity index (χ3n) is 11.4. The first-order valence-electron chi connectivity index (χ1n) is 22.1. The van der Waals surface area contributed by atoms with Crippen molar-refractivity contribution in [2.24, 2.45) is 17.3 Å². The summed E-state index contributed by atoms with van der Waals surface area (Å²) in [7, 11) is 0. The van der Waals surface area contributed by atoms with Gasteiger partial charge in [-0.3, -0.25) is 9.78 Å². The number of aliphatic hydroxyl groups is 1. The molecule has 2 heterocycles. The van der Waals surface area contributed by atoms with Crippen LogP contribution >= 0.6 is 11.3 Å². The van der Waals surface area contributed by atoms with Gasteiger partial charge in [0.2, 0.25) is 0 Å². The van der Waals surface area contributed by atoms with Crippen molar-refractivity contribution in [1.29, 1.82) is 0 Å². The second-order valence-electron chi connectivity index (χ2n) is 17.1. The van der Waals surface area contributed by atoms with E-state index in [2.05, 4.69) is 39.0 Å². The zero-order chi connectivity index (χ0) is 45.8. The second-order valence-corrected chi connectivity index (χ2v) is 18.1. The minimum atomic E-state index is -4.29. The van der Waals surface area contributed by atoms with Gasteiger partial charge in [-0.05, 0) is 83.6 Å². The number of fused-ring (bicyclic) bond motifs is 2. The molecule has 0 saturated heterocycles.